The first-order valence-corrected chi connectivity index (χ1v) is 6.03. The van der Waals surface area contributed by atoms with E-state index in [1.54, 1.807) is 6.08 Å². The Labute approximate surface area is 101 Å². The fraction of sp³-hybridized carbons (Fsp3) is 0.286. The Kier molecular flexibility index (Phi) is 3.30. The van der Waals surface area contributed by atoms with Crippen molar-refractivity contribution < 1.29 is 4.79 Å². The van der Waals surface area contributed by atoms with Gasteiger partial charge in [0.25, 0.3) is 0 Å². The monoisotopic (exact) mass is 230 g/mol. The molecule has 0 saturated heterocycles. The highest BCUT2D eigenvalue weighted by Crippen LogP contribution is 2.24. The van der Waals surface area contributed by atoms with Crippen LogP contribution in [0.15, 0.2) is 35.9 Å². The van der Waals surface area contributed by atoms with Gasteiger partial charge in [-0.25, -0.2) is 0 Å². The van der Waals surface area contributed by atoms with Gasteiger partial charge in [-0.15, -0.1) is 0 Å². The topological polar surface area (TPSA) is 17.1 Å². The van der Waals surface area contributed by atoms with E-state index < -0.39 is 0 Å². The summed E-state index contributed by atoms with van der Waals surface area (Å²) in [4.78, 5) is 12.7. The molecule has 0 spiro atoms. The van der Waals surface area contributed by atoms with Gasteiger partial charge in [0, 0.05) is 16.0 Å². The highest BCUT2D eigenvalue weighted by molar-refractivity contribution is 7.81. The van der Waals surface area contributed by atoms with Crippen molar-refractivity contribution in [1.29, 1.82) is 0 Å². The molecule has 0 N–H and O–H groups in total. The fourth-order valence-electron chi connectivity index (χ4n) is 1.92. The van der Waals surface area contributed by atoms with Gasteiger partial charge in [-0.05, 0) is 24.5 Å². The third-order valence-electron chi connectivity index (χ3n) is 2.83. The van der Waals surface area contributed by atoms with E-state index >= 15 is 0 Å². The molecular weight excluding hydrogens is 216 g/mol. The molecule has 0 fully saturated rings. The Balaban J connectivity index is 2.36. The lowest BCUT2D eigenvalue weighted by Crippen LogP contribution is -2.15. The number of ketones is 1. The molecule has 1 aromatic carbocycles. The van der Waals surface area contributed by atoms with Crippen LogP contribution in [0.3, 0.4) is 0 Å². The summed E-state index contributed by atoms with van der Waals surface area (Å²) in [7, 11) is 0. The van der Waals surface area contributed by atoms with Crippen LogP contribution in [-0.4, -0.2) is 10.6 Å². The Bertz CT molecular complexity index is 471. The lowest BCUT2D eigenvalue weighted by molar-refractivity contribution is 0.104. The van der Waals surface area contributed by atoms with Crippen molar-refractivity contribution >= 4 is 22.9 Å². The SMILES string of the molecule is CCCCC1=CC(=O)c2ccccc2C1=S. The molecule has 0 saturated carbocycles. The first-order chi connectivity index (χ1) is 7.74. The van der Waals surface area contributed by atoms with Gasteiger partial charge in [-0.3, -0.25) is 4.79 Å². The molecule has 0 amide bonds. The minimum Gasteiger partial charge on any atom is -0.289 e. The van der Waals surface area contributed by atoms with E-state index in [0.29, 0.717) is 0 Å². The molecule has 2 rings (SSSR count). The van der Waals surface area contributed by atoms with Gasteiger partial charge in [0.2, 0.25) is 0 Å². The third-order valence-corrected chi connectivity index (χ3v) is 3.32. The largest absolute Gasteiger partial charge is 0.289 e. The number of rotatable bonds is 3. The predicted molar refractivity (Wildman–Crippen MR) is 70.1 cm³/mol. The summed E-state index contributed by atoms with van der Waals surface area (Å²) in [6.45, 7) is 2.14. The van der Waals surface area contributed by atoms with E-state index in [0.717, 1.165) is 40.8 Å². The van der Waals surface area contributed by atoms with Crippen LogP contribution in [0.4, 0.5) is 0 Å². The Morgan fingerprint density at radius 1 is 1.19 bits per heavy atom. The van der Waals surface area contributed by atoms with Crippen LogP contribution in [0.2, 0.25) is 0 Å². The number of allylic oxidation sites excluding steroid dienone is 2. The number of carbonyl (C=O) groups is 1. The van der Waals surface area contributed by atoms with Gasteiger partial charge in [-0.1, -0.05) is 49.8 Å². The minimum atomic E-state index is 0.0929. The van der Waals surface area contributed by atoms with Crippen LogP contribution >= 0.6 is 12.2 Å². The average Bonchev–Trinajstić information content (AvgIpc) is 2.32. The van der Waals surface area contributed by atoms with Crippen molar-refractivity contribution in [2.24, 2.45) is 0 Å². The van der Waals surface area contributed by atoms with E-state index in [9.17, 15) is 4.79 Å². The number of hydrogen-bond donors (Lipinski definition) is 0. The summed E-state index contributed by atoms with van der Waals surface area (Å²) >= 11 is 5.43. The molecule has 16 heavy (non-hydrogen) atoms. The highest BCUT2D eigenvalue weighted by Gasteiger charge is 2.21. The van der Waals surface area contributed by atoms with Gasteiger partial charge in [0.15, 0.2) is 5.78 Å². The molecule has 2 heteroatoms. The molecule has 0 aromatic heterocycles. The molecule has 1 aliphatic rings. The van der Waals surface area contributed by atoms with Crippen LogP contribution < -0.4 is 0 Å². The Morgan fingerprint density at radius 3 is 2.56 bits per heavy atom. The lowest BCUT2D eigenvalue weighted by atomic mass is 9.88. The van der Waals surface area contributed by atoms with E-state index in [2.05, 4.69) is 6.92 Å². The summed E-state index contributed by atoms with van der Waals surface area (Å²) < 4.78 is 0. The van der Waals surface area contributed by atoms with Crippen molar-refractivity contribution in [2.45, 2.75) is 26.2 Å². The fourth-order valence-corrected chi connectivity index (χ4v) is 2.26. The number of fused-ring (bicyclic) bond motifs is 1. The normalized spacial score (nSPS) is 14.7. The quantitative estimate of drug-likeness (QED) is 0.736. The zero-order valence-corrected chi connectivity index (χ0v) is 10.1. The van der Waals surface area contributed by atoms with Gasteiger partial charge in [-0.2, -0.15) is 0 Å². The zero-order valence-electron chi connectivity index (χ0n) is 9.32. The number of thiocarbonyl (C=S) groups is 1. The van der Waals surface area contributed by atoms with Crippen LogP contribution in [0.25, 0.3) is 0 Å². The van der Waals surface area contributed by atoms with Crippen molar-refractivity contribution in [2.75, 3.05) is 0 Å². The highest BCUT2D eigenvalue weighted by atomic mass is 32.1. The van der Waals surface area contributed by atoms with E-state index in [-0.39, 0.29) is 5.78 Å². The molecular formula is C14H14OS. The Hall–Kier alpha value is -1.28. The van der Waals surface area contributed by atoms with Gasteiger partial charge < -0.3 is 0 Å². The Morgan fingerprint density at radius 2 is 1.88 bits per heavy atom. The summed E-state index contributed by atoms with van der Waals surface area (Å²) in [6, 6.07) is 7.59. The predicted octanol–water partition coefficient (Wildman–Crippen LogP) is 3.72. The van der Waals surface area contributed by atoms with E-state index in [1.165, 1.54) is 0 Å². The van der Waals surface area contributed by atoms with Gasteiger partial charge in [0.05, 0.1) is 0 Å². The summed E-state index contributed by atoms with van der Waals surface area (Å²) in [5.41, 5.74) is 2.70. The maximum Gasteiger partial charge on any atom is 0.186 e. The smallest absolute Gasteiger partial charge is 0.186 e. The summed E-state index contributed by atoms with van der Waals surface area (Å²) in [6.07, 6.45) is 4.83. The van der Waals surface area contributed by atoms with Crippen LogP contribution in [0.1, 0.15) is 42.1 Å². The number of unbranched alkanes of at least 4 members (excludes halogenated alkanes) is 1. The zero-order chi connectivity index (χ0) is 11.5. The maximum atomic E-state index is 11.9. The lowest BCUT2D eigenvalue weighted by Gasteiger charge is -2.16. The number of hydrogen-bond acceptors (Lipinski definition) is 2. The van der Waals surface area contributed by atoms with Gasteiger partial charge in [0.1, 0.15) is 0 Å². The van der Waals surface area contributed by atoms with E-state index in [4.69, 9.17) is 12.2 Å². The average molecular weight is 230 g/mol. The van der Waals surface area contributed by atoms with E-state index in [1.807, 2.05) is 24.3 Å². The second-order valence-electron chi connectivity index (χ2n) is 4.01. The molecule has 1 aliphatic carbocycles. The van der Waals surface area contributed by atoms with Gasteiger partial charge >= 0.3 is 0 Å². The summed E-state index contributed by atoms with van der Waals surface area (Å²) in [5, 5.41) is 0. The molecule has 0 atom stereocenters. The standard InChI is InChI=1S/C14H14OS/c1-2-3-6-10-9-13(15)11-7-4-5-8-12(11)14(10)16/h4-5,7-9H,2-3,6H2,1H3. The minimum absolute atomic E-state index is 0.0929. The van der Waals surface area contributed by atoms with Crippen molar-refractivity contribution in [3.05, 3.63) is 47.0 Å². The molecule has 1 nitrogen and oxygen atoms in total. The molecule has 0 radical (unpaired) electrons. The molecule has 0 bridgehead atoms. The molecule has 82 valence electrons. The summed E-state index contributed by atoms with van der Waals surface area (Å²) in [5.74, 6) is 0.0929. The van der Waals surface area contributed by atoms with Crippen LogP contribution in [0.5, 0.6) is 0 Å². The maximum absolute atomic E-state index is 11.9. The number of benzene rings is 1. The van der Waals surface area contributed by atoms with Crippen molar-refractivity contribution in [3.63, 3.8) is 0 Å². The molecule has 0 unspecified atom stereocenters. The number of carbonyl (C=O) groups excluding carboxylic acids is 1. The first kappa shape index (κ1) is 11.2. The molecule has 1 aromatic rings. The van der Waals surface area contributed by atoms with Crippen molar-refractivity contribution in [1.82, 2.24) is 0 Å². The van der Waals surface area contributed by atoms with Crippen LogP contribution in [-0.2, 0) is 0 Å². The second-order valence-corrected chi connectivity index (χ2v) is 4.42. The van der Waals surface area contributed by atoms with Crippen molar-refractivity contribution in [3.8, 4) is 0 Å². The first-order valence-electron chi connectivity index (χ1n) is 5.62. The van der Waals surface area contributed by atoms with Crippen LogP contribution in [0, 0.1) is 0 Å². The molecule has 0 aliphatic heterocycles. The molecule has 0 heterocycles. The second kappa shape index (κ2) is 4.71. The third kappa shape index (κ3) is 1.98.